The van der Waals surface area contributed by atoms with Gasteiger partial charge in [0.25, 0.3) is 5.91 Å². The van der Waals surface area contributed by atoms with Crippen LogP contribution in [0.3, 0.4) is 0 Å². The number of hydrogen-bond acceptors (Lipinski definition) is 5. The smallest absolute Gasteiger partial charge is 0.274 e. The van der Waals surface area contributed by atoms with Crippen LogP contribution in [-0.2, 0) is 4.79 Å². The van der Waals surface area contributed by atoms with Gasteiger partial charge in [0.15, 0.2) is 17.2 Å². The van der Waals surface area contributed by atoms with Crippen molar-refractivity contribution in [3.8, 4) is 17.2 Å². The molecule has 1 N–H and O–H groups in total. The number of aromatic nitrogens is 2. The van der Waals surface area contributed by atoms with Gasteiger partial charge in [-0.2, -0.15) is 5.10 Å². The van der Waals surface area contributed by atoms with E-state index in [0.29, 0.717) is 48.8 Å². The van der Waals surface area contributed by atoms with Crippen molar-refractivity contribution in [1.29, 1.82) is 0 Å². The third-order valence-corrected chi connectivity index (χ3v) is 5.67. The first kappa shape index (κ1) is 20.0. The molecule has 0 unspecified atom stereocenters. The highest BCUT2D eigenvalue weighted by Gasteiger charge is 2.29. The Hall–Kier alpha value is -3.88. The molecule has 2 amide bonds. The number of carbonyl (C=O) groups is 2. The van der Waals surface area contributed by atoms with E-state index in [-0.39, 0.29) is 36.0 Å². The molecule has 164 valence electrons. The fourth-order valence-electron chi connectivity index (χ4n) is 3.93. The summed E-state index contributed by atoms with van der Waals surface area (Å²) in [5.41, 5.74) is 1.49. The van der Waals surface area contributed by atoms with Crippen LogP contribution in [0.5, 0.6) is 11.5 Å². The lowest BCUT2D eigenvalue weighted by molar-refractivity contribution is -0.121. The maximum Gasteiger partial charge on any atom is 0.274 e. The van der Waals surface area contributed by atoms with Crippen molar-refractivity contribution in [1.82, 2.24) is 14.7 Å². The van der Waals surface area contributed by atoms with Crippen LogP contribution in [0.25, 0.3) is 5.69 Å². The van der Waals surface area contributed by atoms with Crippen molar-refractivity contribution in [3.05, 3.63) is 66.2 Å². The van der Waals surface area contributed by atoms with Gasteiger partial charge >= 0.3 is 0 Å². The number of likely N-dealkylation sites (tertiary alicyclic amines) is 1. The molecule has 1 saturated heterocycles. The number of nitrogens with one attached hydrogen (secondary N) is 1. The second kappa shape index (κ2) is 8.33. The summed E-state index contributed by atoms with van der Waals surface area (Å²) < 4.78 is 25.5. The molecule has 32 heavy (non-hydrogen) atoms. The molecule has 5 rings (SSSR count). The van der Waals surface area contributed by atoms with E-state index in [9.17, 15) is 14.0 Å². The van der Waals surface area contributed by atoms with E-state index in [1.54, 1.807) is 47.5 Å². The second-order valence-electron chi connectivity index (χ2n) is 7.75. The van der Waals surface area contributed by atoms with E-state index in [1.807, 2.05) is 0 Å². The Labute approximate surface area is 183 Å². The lowest BCUT2D eigenvalue weighted by Gasteiger charge is -2.30. The highest BCUT2D eigenvalue weighted by atomic mass is 19.1. The van der Waals surface area contributed by atoms with Gasteiger partial charge in [-0.1, -0.05) is 6.07 Å². The monoisotopic (exact) mass is 436 g/mol. The quantitative estimate of drug-likeness (QED) is 0.679. The number of halogens is 1. The van der Waals surface area contributed by atoms with Gasteiger partial charge in [-0.05, 0) is 49.2 Å². The van der Waals surface area contributed by atoms with Crippen molar-refractivity contribution < 1.29 is 23.5 Å². The van der Waals surface area contributed by atoms with Crippen LogP contribution < -0.4 is 14.8 Å². The topological polar surface area (TPSA) is 85.7 Å². The molecular weight excluding hydrogens is 415 g/mol. The molecule has 0 aliphatic carbocycles. The molecule has 0 atom stereocenters. The molecule has 2 aromatic carbocycles. The summed E-state index contributed by atoms with van der Waals surface area (Å²) in [5, 5.41) is 7.21. The van der Waals surface area contributed by atoms with Crippen molar-refractivity contribution in [3.63, 3.8) is 0 Å². The average molecular weight is 436 g/mol. The van der Waals surface area contributed by atoms with Gasteiger partial charge < -0.3 is 19.7 Å². The largest absolute Gasteiger partial charge is 0.454 e. The van der Waals surface area contributed by atoms with Crippen LogP contribution in [0.1, 0.15) is 23.3 Å². The molecule has 0 spiro atoms. The zero-order valence-electron chi connectivity index (χ0n) is 17.2. The number of hydrogen-bond donors (Lipinski definition) is 1. The minimum Gasteiger partial charge on any atom is -0.454 e. The number of ether oxygens (including phenoxy) is 2. The predicted octanol–water partition coefficient (Wildman–Crippen LogP) is 3.23. The van der Waals surface area contributed by atoms with Gasteiger partial charge in [0.2, 0.25) is 12.7 Å². The standard InChI is InChI=1S/C23H21FN4O4/c24-16-2-1-3-18(12-16)28-11-8-19(26-28)23(30)27-9-6-15(7-10-27)22(29)25-17-4-5-20-21(13-17)32-14-31-20/h1-5,8,11-13,15H,6-7,9-10,14H2,(H,25,29). The maximum absolute atomic E-state index is 13.4. The molecule has 1 fully saturated rings. The molecule has 9 heteroatoms. The molecule has 3 aromatic rings. The first-order valence-corrected chi connectivity index (χ1v) is 10.4. The molecular formula is C23H21FN4O4. The lowest BCUT2D eigenvalue weighted by Crippen LogP contribution is -2.41. The summed E-state index contributed by atoms with van der Waals surface area (Å²) in [4.78, 5) is 27.2. The van der Waals surface area contributed by atoms with E-state index < -0.39 is 0 Å². The van der Waals surface area contributed by atoms with Crippen LogP contribution in [0.4, 0.5) is 10.1 Å². The van der Waals surface area contributed by atoms with Gasteiger partial charge in [0, 0.05) is 37.0 Å². The normalized spacial score (nSPS) is 15.6. The van der Waals surface area contributed by atoms with Gasteiger partial charge in [0.05, 0.1) is 5.69 Å². The lowest BCUT2D eigenvalue weighted by atomic mass is 9.95. The predicted molar refractivity (Wildman–Crippen MR) is 113 cm³/mol. The summed E-state index contributed by atoms with van der Waals surface area (Å²) in [6.07, 6.45) is 2.76. The fraction of sp³-hybridized carbons (Fsp3) is 0.261. The second-order valence-corrected chi connectivity index (χ2v) is 7.75. The molecule has 2 aliphatic heterocycles. The maximum atomic E-state index is 13.4. The van der Waals surface area contributed by atoms with E-state index in [0.717, 1.165) is 0 Å². The van der Waals surface area contributed by atoms with Crippen LogP contribution >= 0.6 is 0 Å². The van der Waals surface area contributed by atoms with Crippen molar-refractivity contribution in [2.45, 2.75) is 12.8 Å². The van der Waals surface area contributed by atoms with E-state index in [4.69, 9.17) is 9.47 Å². The zero-order chi connectivity index (χ0) is 22.1. The first-order chi connectivity index (χ1) is 15.6. The Balaban J connectivity index is 1.17. The van der Waals surface area contributed by atoms with Crippen molar-refractivity contribution in [2.24, 2.45) is 5.92 Å². The molecule has 8 nitrogen and oxygen atoms in total. The minimum atomic E-state index is -0.369. The number of amides is 2. The Morgan fingerprint density at radius 1 is 1.03 bits per heavy atom. The van der Waals surface area contributed by atoms with Crippen molar-refractivity contribution >= 4 is 17.5 Å². The summed E-state index contributed by atoms with van der Waals surface area (Å²) in [5.74, 6) is 0.443. The third kappa shape index (κ3) is 4.01. The zero-order valence-corrected chi connectivity index (χ0v) is 17.2. The number of fused-ring (bicyclic) bond motifs is 1. The highest BCUT2D eigenvalue weighted by Crippen LogP contribution is 2.34. The number of carbonyl (C=O) groups excluding carboxylic acids is 2. The molecule has 0 radical (unpaired) electrons. The Morgan fingerprint density at radius 3 is 2.66 bits per heavy atom. The molecule has 1 aromatic heterocycles. The van der Waals surface area contributed by atoms with Gasteiger partial charge in [-0.3, -0.25) is 9.59 Å². The average Bonchev–Trinajstić information content (AvgIpc) is 3.48. The van der Waals surface area contributed by atoms with E-state index in [2.05, 4.69) is 10.4 Å². The van der Waals surface area contributed by atoms with Crippen LogP contribution in [0, 0.1) is 11.7 Å². The number of benzene rings is 2. The van der Waals surface area contributed by atoms with Gasteiger partial charge in [0.1, 0.15) is 5.82 Å². The number of piperidine rings is 1. The number of anilines is 1. The van der Waals surface area contributed by atoms with E-state index in [1.165, 1.54) is 16.8 Å². The summed E-state index contributed by atoms with van der Waals surface area (Å²) >= 11 is 0. The van der Waals surface area contributed by atoms with Gasteiger partial charge in [-0.15, -0.1) is 0 Å². The van der Waals surface area contributed by atoms with Crippen LogP contribution in [-0.4, -0.2) is 46.4 Å². The summed E-state index contributed by atoms with van der Waals surface area (Å²) in [6, 6.07) is 12.9. The molecule has 3 heterocycles. The van der Waals surface area contributed by atoms with Crippen LogP contribution in [0.15, 0.2) is 54.7 Å². The number of nitrogens with zero attached hydrogens (tertiary/aromatic N) is 3. The number of rotatable bonds is 4. The Bertz CT molecular complexity index is 1170. The van der Waals surface area contributed by atoms with Crippen LogP contribution in [0.2, 0.25) is 0 Å². The fourth-order valence-corrected chi connectivity index (χ4v) is 3.93. The Morgan fingerprint density at radius 2 is 1.84 bits per heavy atom. The summed E-state index contributed by atoms with van der Waals surface area (Å²) in [7, 11) is 0. The molecule has 2 aliphatic rings. The van der Waals surface area contributed by atoms with Crippen molar-refractivity contribution in [2.75, 3.05) is 25.2 Å². The molecule has 0 bridgehead atoms. The van der Waals surface area contributed by atoms with E-state index >= 15 is 0 Å². The summed E-state index contributed by atoms with van der Waals surface area (Å²) in [6.45, 7) is 1.11. The Kier molecular flexibility index (Phi) is 5.22. The third-order valence-electron chi connectivity index (χ3n) is 5.67. The SMILES string of the molecule is O=C(Nc1ccc2c(c1)OCO2)C1CCN(C(=O)c2ccn(-c3cccc(F)c3)n2)CC1. The van der Waals surface area contributed by atoms with Gasteiger partial charge in [-0.25, -0.2) is 9.07 Å². The minimum absolute atomic E-state index is 0.0775. The highest BCUT2D eigenvalue weighted by molar-refractivity contribution is 5.94. The first-order valence-electron chi connectivity index (χ1n) is 10.4. The molecule has 0 saturated carbocycles.